The molecule has 0 aromatic heterocycles. The number of nitrogens with zero attached hydrogens (tertiary/aromatic N) is 1. The van der Waals surface area contributed by atoms with Gasteiger partial charge in [-0.2, -0.15) is 26.9 Å². The Hall–Kier alpha value is -4.01. The van der Waals surface area contributed by atoms with Crippen LogP contribution < -0.4 is 14.2 Å². The summed E-state index contributed by atoms with van der Waals surface area (Å²) in [6.07, 6.45) is -3.45. The van der Waals surface area contributed by atoms with Gasteiger partial charge in [-0.25, -0.2) is 0 Å². The summed E-state index contributed by atoms with van der Waals surface area (Å²) in [7, 11) is -2.96. The van der Waals surface area contributed by atoms with E-state index in [-0.39, 0.29) is 27.6 Å². The second kappa shape index (κ2) is 10.7. The Kier molecular flexibility index (Phi) is 7.92. The highest BCUT2D eigenvalue weighted by atomic mass is 35.5. The summed E-state index contributed by atoms with van der Waals surface area (Å²) in [5.41, 5.74) is -1.27. The van der Waals surface area contributed by atoms with E-state index in [2.05, 4.69) is 5.32 Å². The van der Waals surface area contributed by atoms with Crippen LogP contribution in [0.3, 0.4) is 0 Å². The summed E-state index contributed by atoms with van der Waals surface area (Å²) >= 11 is 5.78. The van der Waals surface area contributed by atoms with E-state index < -0.39 is 33.3 Å². The number of nitrogens with one attached hydrogen (secondary N) is 1. The van der Waals surface area contributed by atoms with E-state index in [4.69, 9.17) is 20.5 Å². The van der Waals surface area contributed by atoms with Gasteiger partial charge < -0.3 is 14.2 Å². The number of amides is 1. The number of hydrogen-bond acceptors (Lipinski definition) is 6. The zero-order valence-electron chi connectivity index (χ0n) is 18.3. The molecule has 7 nitrogen and oxygen atoms in total. The first-order chi connectivity index (χ1) is 16.9. The Bertz CT molecular complexity index is 1460. The molecule has 1 amide bonds. The fourth-order valence-electron chi connectivity index (χ4n) is 2.90. The van der Waals surface area contributed by atoms with Crippen LogP contribution >= 0.6 is 11.6 Å². The third-order valence-electron chi connectivity index (χ3n) is 4.61. The minimum absolute atomic E-state index is 0.0168. The summed E-state index contributed by atoms with van der Waals surface area (Å²) in [6.45, 7) is 0. The van der Waals surface area contributed by atoms with Crippen LogP contribution in [0.25, 0.3) is 6.08 Å². The van der Waals surface area contributed by atoms with E-state index in [1.165, 1.54) is 55.6 Å². The minimum Gasteiger partial charge on any atom is -0.493 e. The van der Waals surface area contributed by atoms with E-state index in [1.54, 1.807) is 6.07 Å². The molecule has 12 heteroatoms. The highest BCUT2D eigenvalue weighted by Crippen LogP contribution is 2.32. The molecule has 0 aliphatic rings. The second-order valence-electron chi connectivity index (χ2n) is 7.10. The van der Waals surface area contributed by atoms with Gasteiger partial charge in [0.1, 0.15) is 16.5 Å². The van der Waals surface area contributed by atoms with Gasteiger partial charge in [0.05, 0.1) is 12.7 Å². The van der Waals surface area contributed by atoms with Gasteiger partial charge in [-0.1, -0.05) is 23.7 Å². The number of hydrogen-bond donors (Lipinski definition) is 1. The molecule has 3 aromatic rings. The normalized spacial score (nSPS) is 11.9. The van der Waals surface area contributed by atoms with E-state index in [0.717, 1.165) is 24.3 Å². The molecule has 0 unspecified atom stereocenters. The molecule has 3 aromatic carbocycles. The van der Waals surface area contributed by atoms with Crippen LogP contribution in [0.4, 0.5) is 18.9 Å². The molecule has 1 N–H and O–H groups in total. The number of carbonyl (C=O) groups is 1. The summed E-state index contributed by atoms with van der Waals surface area (Å²) in [4.78, 5) is 12.3. The van der Waals surface area contributed by atoms with Crippen molar-refractivity contribution in [1.82, 2.24) is 0 Å². The smallest absolute Gasteiger partial charge is 0.416 e. The number of alkyl halides is 3. The van der Waals surface area contributed by atoms with Crippen LogP contribution in [0.5, 0.6) is 11.5 Å². The molecule has 3 rings (SSSR count). The lowest BCUT2D eigenvalue weighted by molar-refractivity contribution is -0.137. The van der Waals surface area contributed by atoms with Crippen molar-refractivity contribution in [3.8, 4) is 17.6 Å². The van der Waals surface area contributed by atoms with Gasteiger partial charge >= 0.3 is 16.3 Å². The average molecular weight is 537 g/mol. The Labute approximate surface area is 209 Å². The first kappa shape index (κ1) is 26.6. The van der Waals surface area contributed by atoms with E-state index >= 15 is 0 Å². The van der Waals surface area contributed by atoms with Crippen molar-refractivity contribution in [1.29, 1.82) is 5.26 Å². The zero-order valence-corrected chi connectivity index (χ0v) is 19.9. The molecule has 0 fully saturated rings. The number of halogens is 4. The Balaban J connectivity index is 1.83. The fourth-order valence-corrected chi connectivity index (χ4v) is 3.96. The Morgan fingerprint density at radius 3 is 2.36 bits per heavy atom. The minimum atomic E-state index is -4.60. The highest BCUT2D eigenvalue weighted by Gasteiger charge is 2.30. The van der Waals surface area contributed by atoms with Crippen molar-refractivity contribution >= 4 is 39.4 Å². The van der Waals surface area contributed by atoms with Crippen LogP contribution in [0.2, 0.25) is 5.02 Å². The third kappa shape index (κ3) is 6.56. The first-order valence-corrected chi connectivity index (χ1v) is 11.7. The molecule has 0 aliphatic heterocycles. The van der Waals surface area contributed by atoms with Crippen LogP contribution in [0.1, 0.15) is 11.1 Å². The summed E-state index contributed by atoms with van der Waals surface area (Å²) in [6, 6.07) is 14.9. The summed E-state index contributed by atoms with van der Waals surface area (Å²) in [5.74, 6) is -1.12. The number of anilines is 1. The maximum Gasteiger partial charge on any atom is 0.416 e. The lowest BCUT2D eigenvalue weighted by atomic mass is 10.1. The molecule has 0 saturated carbocycles. The standard InChI is InChI=1S/C24H16ClF3N2O5S/c1-34-22-12-15(5-10-21(22)35-36(32,33)20-8-6-18(25)7-9-20)11-16(14-29)23(31)30-19-4-2-3-17(13-19)24(26,27)28/h2-13H,1H3,(H,30,31)/b16-11+. The summed E-state index contributed by atoms with van der Waals surface area (Å²) in [5, 5.41) is 12.0. The van der Waals surface area contributed by atoms with Gasteiger partial charge in [0.25, 0.3) is 5.91 Å². The molecule has 0 atom stereocenters. The van der Waals surface area contributed by atoms with Crippen molar-refractivity contribution in [2.75, 3.05) is 12.4 Å². The molecule has 0 aliphatic carbocycles. The van der Waals surface area contributed by atoms with Crippen molar-refractivity contribution in [2.24, 2.45) is 0 Å². The first-order valence-electron chi connectivity index (χ1n) is 9.91. The van der Waals surface area contributed by atoms with Gasteiger partial charge in [-0.15, -0.1) is 0 Å². The van der Waals surface area contributed by atoms with Crippen LogP contribution in [0, 0.1) is 11.3 Å². The molecule has 0 radical (unpaired) electrons. The average Bonchev–Trinajstić information content (AvgIpc) is 2.83. The SMILES string of the molecule is COc1cc(/C=C(\C#N)C(=O)Nc2cccc(C(F)(F)F)c2)ccc1OS(=O)(=O)c1ccc(Cl)cc1. The van der Waals surface area contributed by atoms with Crippen molar-refractivity contribution in [3.63, 3.8) is 0 Å². The van der Waals surface area contributed by atoms with Gasteiger partial charge in [-0.3, -0.25) is 4.79 Å². The highest BCUT2D eigenvalue weighted by molar-refractivity contribution is 7.87. The maximum absolute atomic E-state index is 12.9. The van der Waals surface area contributed by atoms with Crippen molar-refractivity contribution < 1.29 is 35.3 Å². The third-order valence-corrected chi connectivity index (χ3v) is 6.11. The van der Waals surface area contributed by atoms with E-state index in [9.17, 15) is 31.6 Å². The quantitative estimate of drug-likeness (QED) is 0.236. The summed E-state index contributed by atoms with van der Waals surface area (Å²) < 4.78 is 74.1. The van der Waals surface area contributed by atoms with Gasteiger partial charge in [-0.05, 0) is 66.2 Å². The van der Waals surface area contributed by atoms with E-state index in [1.807, 2.05) is 0 Å². The van der Waals surface area contributed by atoms with Crippen LogP contribution in [0.15, 0.2) is 77.2 Å². The largest absolute Gasteiger partial charge is 0.493 e. The molecule has 186 valence electrons. The Morgan fingerprint density at radius 1 is 1.06 bits per heavy atom. The molecule has 0 spiro atoms. The van der Waals surface area contributed by atoms with Crippen molar-refractivity contribution in [3.05, 3.63) is 88.5 Å². The number of rotatable bonds is 7. The Morgan fingerprint density at radius 2 is 1.75 bits per heavy atom. The maximum atomic E-state index is 12.9. The molecular weight excluding hydrogens is 521 g/mol. The predicted octanol–water partition coefficient (Wildman–Crippen LogP) is 5.68. The molecule has 0 bridgehead atoms. The molecule has 0 heterocycles. The molecule has 36 heavy (non-hydrogen) atoms. The molecule has 0 saturated heterocycles. The lowest BCUT2D eigenvalue weighted by Crippen LogP contribution is -2.14. The second-order valence-corrected chi connectivity index (χ2v) is 9.09. The van der Waals surface area contributed by atoms with Gasteiger partial charge in [0.2, 0.25) is 0 Å². The topological polar surface area (TPSA) is 105 Å². The van der Waals surface area contributed by atoms with E-state index in [0.29, 0.717) is 5.02 Å². The number of carbonyl (C=O) groups excluding carboxylic acids is 1. The zero-order chi connectivity index (χ0) is 26.5. The number of benzene rings is 3. The molecular formula is C24H16ClF3N2O5S. The van der Waals surface area contributed by atoms with Crippen LogP contribution in [-0.4, -0.2) is 21.4 Å². The lowest BCUT2D eigenvalue weighted by Gasteiger charge is -2.12. The van der Waals surface area contributed by atoms with Gasteiger partial charge in [0, 0.05) is 10.7 Å². The predicted molar refractivity (Wildman–Crippen MR) is 126 cm³/mol. The number of methoxy groups -OCH3 is 1. The van der Waals surface area contributed by atoms with Gasteiger partial charge in [0.15, 0.2) is 11.5 Å². The number of nitriles is 1. The van der Waals surface area contributed by atoms with Crippen molar-refractivity contribution in [2.45, 2.75) is 11.1 Å². The number of ether oxygens (including phenoxy) is 1. The van der Waals surface area contributed by atoms with Crippen LogP contribution in [-0.2, 0) is 21.1 Å². The monoisotopic (exact) mass is 536 g/mol. The fraction of sp³-hybridized carbons (Fsp3) is 0.0833.